The Labute approximate surface area is 115 Å². The van der Waals surface area contributed by atoms with Gasteiger partial charge in [0.25, 0.3) is 0 Å². The minimum atomic E-state index is 0.476. The highest BCUT2D eigenvalue weighted by molar-refractivity contribution is 14.1. The van der Waals surface area contributed by atoms with Gasteiger partial charge < -0.3 is 4.98 Å². The molecular weight excluding hydrogens is 323 g/mol. The van der Waals surface area contributed by atoms with E-state index in [4.69, 9.17) is 4.98 Å². The Morgan fingerprint density at radius 1 is 1.24 bits per heavy atom. The molecule has 0 saturated heterocycles. The number of nitrogens with zero attached hydrogens (tertiary/aromatic N) is 1. The van der Waals surface area contributed by atoms with Crippen molar-refractivity contribution in [2.45, 2.75) is 32.6 Å². The van der Waals surface area contributed by atoms with E-state index < -0.39 is 0 Å². The molecule has 88 valence electrons. The van der Waals surface area contributed by atoms with Crippen LogP contribution < -0.4 is 0 Å². The van der Waals surface area contributed by atoms with Crippen LogP contribution in [0.15, 0.2) is 18.2 Å². The van der Waals surface area contributed by atoms with Crippen molar-refractivity contribution >= 4 is 22.6 Å². The van der Waals surface area contributed by atoms with Crippen molar-refractivity contribution in [1.82, 2.24) is 9.97 Å². The maximum Gasteiger partial charge on any atom is 0.109 e. The first kappa shape index (κ1) is 11.3. The molecule has 0 bridgehead atoms. The van der Waals surface area contributed by atoms with Crippen LogP contribution in [0.4, 0.5) is 0 Å². The van der Waals surface area contributed by atoms with Gasteiger partial charge in [0.05, 0.1) is 5.69 Å². The Balaban J connectivity index is 2.02. The summed E-state index contributed by atoms with van der Waals surface area (Å²) in [5.74, 6) is 1.60. The fraction of sp³-hybridized carbons (Fsp3) is 0.357. The molecule has 0 atom stereocenters. The number of imidazole rings is 1. The van der Waals surface area contributed by atoms with Crippen LogP contribution >= 0.6 is 22.6 Å². The molecule has 1 aromatic carbocycles. The van der Waals surface area contributed by atoms with Crippen molar-refractivity contribution in [3.05, 3.63) is 50.1 Å². The SMILES string of the molecule is CC(C)c1nc2c([nH]1)Cc1cc(I)ccc1C2. The van der Waals surface area contributed by atoms with Crippen LogP contribution in [-0.2, 0) is 12.8 Å². The number of nitrogens with one attached hydrogen (secondary N) is 1. The molecule has 2 nitrogen and oxygen atoms in total. The van der Waals surface area contributed by atoms with Gasteiger partial charge in [0, 0.05) is 28.0 Å². The monoisotopic (exact) mass is 338 g/mol. The molecule has 17 heavy (non-hydrogen) atoms. The predicted octanol–water partition coefficient (Wildman–Crippen LogP) is 3.63. The average Bonchev–Trinajstić information content (AvgIpc) is 2.68. The van der Waals surface area contributed by atoms with Crippen molar-refractivity contribution in [2.75, 3.05) is 0 Å². The maximum absolute atomic E-state index is 4.71. The van der Waals surface area contributed by atoms with E-state index >= 15 is 0 Å². The lowest BCUT2D eigenvalue weighted by Gasteiger charge is -2.15. The molecule has 0 spiro atoms. The van der Waals surface area contributed by atoms with Gasteiger partial charge in [0.2, 0.25) is 0 Å². The van der Waals surface area contributed by atoms with Crippen molar-refractivity contribution in [3.8, 4) is 0 Å². The second-order valence-corrected chi connectivity index (χ2v) is 6.21. The summed E-state index contributed by atoms with van der Waals surface area (Å²) in [5.41, 5.74) is 5.42. The molecule has 1 N–H and O–H groups in total. The van der Waals surface area contributed by atoms with Gasteiger partial charge >= 0.3 is 0 Å². The summed E-state index contributed by atoms with van der Waals surface area (Å²) in [7, 11) is 0. The van der Waals surface area contributed by atoms with Crippen LogP contribution in [0.1, 0.15) is 48.1 Å². The van der Waals surface area contributed by atoms with Crippen molar-refractivity contribution < 1.29 is 0 Å². The maximum atomic E-state index is 4.71. The zero-order valence-corrected chi connectivity index (χ0v) is 12.2. The second kappa shape index (κ2) is 4.12. The Bertz CT molecular complexity index is 570. The predicted molar refractivity (Wildman–Crippen MR) is 77.4 cm³/mol. The van der Waals surface area contributed by atoms with Crippen molar-refractivity contribution in [3.63, 3.8) is 0 Å². The molecule has 0 saturated carbocycles. The second-order valence-electron chi connectivity index (χ2n) is 4.97. The number of rotatable bonds is 1. The quantitative estimate of drug-likeness (QED) is 0.675. The topological polar surface area (TPSA) is 28.7 Å². The molecule has 2 aromatic rings. The van der Waals surface area contributed by atoms with Crippen LogP contribution in [0.2, 0.25) is 0 Å². The Morgan fingerprint density at radius 2 is 2.06 bits per heavy atom. The molecule has 1 aliphatic rings. The molecule has 3 heteroatoms. The summed E-state index contributed by atoms with van der Waals surface area (Å²) < 4.78 is 1.31. The van der Waals surface area contributed by atoms with Gasteiger partial charge in [-0.05, 0) is 45.9 Å². The zero-order valence-electron chi connectivity index (χ0n) is 10.0. The van der Waals surface area contributed by atoms with Crippen LogP contribution in [0.3, 0.4) is 0 Å². The third-order valence-electron chi connectivity index (χ3n) is 3.32. The number of H-pyrrole nitrogens is 1. The van der Waals surface area contributed by atoms with Crippen LogP contribution in [0, 0.1) is 3.57 Å². The van der Waals surface area contributed by atoms with Crippen molar-refractivity contribution in [2.24, 2.45) is 0 Å². The van der Waals surface area contributed by atoms with E-state index in [1.54, 1.807) is 0 Å². The number of fused-ring (bicyclic) bond motifs is 2. The van der Waals surface area contributed by atoms with E-state index in [1.807, 2.05) is 0 Å². The molecule has 0 amide bonds. The smallest absolute Gasteiger partial charge is 0.109 e. The fourth-order valence-electron chi connectivity index (χ4n) is 2.34. The molecule has 1 aliphatic carbocycles. The lowest BCUT2D eigenvalue weighted by molar-refractivity contribution is 0.788. The average molecular weight is 338 g/mol. The standard InChI is InChI=1S/C14H15IN2/c1-8(2)14-16-12-6-9-3-4-11(15)5-10(9)7-13(12)17-14/h3-5,8H,6-7H2,1-2H3,(H,16,17). The molecule has 0 unspecified atom stereocenters. The zero-order chi connectivity index (χ0) is 12.0. The molecule has 1 aromatic heterocycles. The molecule has 3 rings (SSSR count). The minimum Gasteiger partial charge on any atom is -0.345 e. The summed E-state index contributed by atoms with van der Waals surface area (Å²) >= 11 is 2.38. The Kier molecular flexibility index (Phi) is 2.73. The van der Waals surface area contributed by atoms with Gasteiger partial charge in [-0.2, -0.15) is 0 Å². The summed E-state index contributed by atoms with van der Waals surface area (Å²) in [6.45, 7) is 4.36. The van der Waals surface area contributed by atoms with Gasteiger partial charge in [-0.15, -0.1) is 0 Å². The lowest BCUT2D eigenvalue weighted by atomic mass is 9.92. The summed E-state index contributed by atoms with van der Waals surface area (Å²) in [6, 6.07) is 6.71. The third-order valence-corrected chi connectivity index (χ3v) is 3.99. The number of aromatic nitrogens is 2. The van der Waals surface area contributed by atoms with Crippen LogP contribution in [0.25, 0.3) is 0 Å². The molecule has 0 aliphatic heterocycles. The summed E-state index contributed by atoms with van der Waals surface area (Å²) in [5, 5.41) is 0. The number of hydrogen-bond acceptors (Lipinski definition) is 1. The van der Waals surface area contributed by atoms with Gasteiger partial charge in [0.1, 0.15) is 5.82 Å². The third kappa shape index (κ3) is 2.01. The fourth-order valence-corrected chi connectivity index (χ4v) is 2.89. The number of hydrogen-bond donors (Lipinski definition) is 1. The van der Waals surface area contributed by atoms with Gasteiger partial charge in [-0.1, -0.05) is 19.9 Å². The van der Waals surface area contributed by atoms with Crippen molar-refractivity contribution in [1.29, 1.82) is 0 Å². The van der Waals surface area contributed by atoms with E-state index in [-0.39, 0.29) is 0 Å². The van der Waals surface area contributed by atoms with Gasteiger partial charge in [-0.25, -0.2) is 4.98 Å². The Morgan fingerprint density at radius 3 is 2.82 bits per heavy atom. The largest absolute Gasteiger partial charge is 0.345 e. The van der Waals surface area contributed by atoms with Gasteiger partial charge in [-0.3, -0.25) is 0 Å². The molecular formula is C14H15IN2. The molecule has 1 heterocycles. The lowest BCUT2D eigenvalue weighted by Crippen LogP contribution is -2.07. The highest BCUT2D eigenvalue weighted by Gasteiger charge is 2.20. The highest BCUT2D eigenvalue weighted by atomic mass is 127. The minimum absolute atomic E-state index is 0.476. The van der Waals surface area contributed by atoms with Crippen LogP contribution in [0.5, 0.6) is 0 Å². The first-order chi connectivity index (χ1) is 8.13. The first-order valence-corrected chi connectivity index (χ1v) is 7.06. The first-order valence-electron chi connectivity index (χ1n) is 5.98. The normalized spacial score (nSPS) is 13.6. The van der Waals surface area contributed by atoms with E-state index in [0.717, 1.165) is 18.7 Å². The number of aromatic amines is 1. The van der Waals surface area contributed by atoms with E-state index in [0.29, 0.717) is 5.92 Å². The number of halogens is 1. The number of benzene rings is 1. The van der Waals surface area contributed by atoms with E-state index in [9.17, 15) is 0 Å². The van der Waals surface area contributed by atoms with Crippen LogP contribution in [-0.4, -0.2) is 9.97 Å². The molecule has 0 fully saturated rings. The van der Waals surface area contributed by atoms with Gasteiger partial charge in [0.15, 0.2) is 0 Å². The van der Waals surface area contributed by atoms with E-state index in [2.05, 4.69) is 59.6 Å². The van der Waals surface area contributed by atoms with E-state index in [1.165, 1.54) is 26.1 Å². The highest BCUT2D eigenvalue weighted by Crippen LogP contribution is 2.28. The summed E-state index contributed by atoms with van der Waals surface area (Å²) in [6.07, 6.45) is 1.98. The molecule has 0 radical (unpaired) electrons. The summed E-state index contributed by atoms with van der Waals surface area (Å²) in [4.78, 5) is 8.19. The Hall–Kier alpha value is -0.840.